The third-order valence-electron chi connectivity index (χ3n) is 4.52. The molecule has 0 amide bonds. The van der Waals surface area contributed by atoms with E-state index < -0.39 is 12.1 Å². The molecule has 9 nitrogen and oxygen atoms in total. The summed E-state index contributed by atoms with van der Waals surface area (Å²) in [6.07, 6.45) is 1.31. The second-order valence-corrected chi connectivity index (χ2v) is 9.58. The molecular weight excluding hydrogens is 486 g/mol. The number of nitrogens with zero attached hydrogens (tertiary/aromatic N) is 1. The molecule has 0 fully saturated rings. The Morgan fingerprint density at radius 2 is 1.66 bits per heavy atom. The highest BCUT2D eigenvalue weighted by atomic mass is 33.1. The van der Waals surface area contributed by atoms with E-state index in [-0.39, 0.29) is 18.4 Å². The predicted octanol–water partition coefficient (Wildman–Crippen LogP) is 2.78. The van der Waals surface area contributed by atoms with Gasteiger partial charge < -0.3 is 21.0 Å². The molecule has 0 spiro atoms. The maximum absolute atomic E-state index is 12.1. The molecule has 1 heterocycles. The zero-order valence-electron chi connectivity index (χ0n) is 19.9. The molecule has 0 aliphatic carbocycles. The lowest BCUT2D eigenvalue weighted by Crippen LogP contribution is -2.33. The van der Waals surface area contributed by atoms with Crippen LogP contribution in [0.25, 0.3) is 10.8 Å². The van der Waals surface area contributed by atoms with Crippen molar-refractivity contribution in [3.63, 3.8) is 0 Å². The van der Waals surface area contributed by atoms with E-state index in [0.717, 1.165) is 15.8 Å². The molecule has 2 unspecified atom stereocenters. The van der Waals surface area contributed by atoms with Gasteiger partial charge >= 0.3 is 5.97 Å². The Kier molecular flexibility index (Phi) is 14.3. The van der Waals surface area contributed by atoms with E-state index in [4.69, 9.17) is 25.9 Å². The molecule has 0 aliphatic rings. The van der Waals surface area contributed by atoms with Gasteiger partial charge in [-0.15, -0.1) is 0 Å². The van der Waals surface area contributed by atoms with Crippen LogP contribution in [0.1, 0.15) is 10.4 Å². The lowest BCUT2D eigenvalue weighted by molar-refractivity contribution is -0.0259. The van der Waals surface area contributed by atoms with Crippen molar-refractivity contribution in [2.24, 2.45) is 11.5 Å². The van der Waals surface area contributed by atoms with E-state index in [1.807, 2.05) is 54.6 Å². The zero-order chi connectivity index (χ0) is 25.3. The molecule has 0 bridgehead atoms. The molecule has 0 saturated heterocycles. The molecule has 0 aliphatic heterocycles. The molecule has 2 atom stereocenters. The number of fused-ring (bicyclic) bond motifs is 1. The third kappa shape index (κ3) is 10.9. The summed E-state index contributed by atoms with van der Waals surface area (Å²) in [6.45, 7) is 1.61. The number of aromatic nitrogens is 1. The SMILES string of the molecule is CNOCC(CN)OC(=O)c1ccc2ccccc2c1.CNOCC(CN)SSc1ccccn1. The summed E-state index contributed by atoms with van der Waals surface area (Å²) in [4.78, 5) is 26.4. The Balaban J connectivity index is 0.000000258. The highest BCUT2D eigenvalue weighted by molar-refractivity contribution is 8.76. The van der Waals surface area contributed by atoms with Gasteiger partial charge in [0.25, 0.3) is 0 Å². The topological polar surface area (TPSA) is 134 Å². The summed E-state index contributed by atoms with van der Waals surface area (Å²) in [5.41, 5.74) is 16.8. The molecular formula is C24H33N5O4S2. The van der Waals surface area contributed by atoms with E-state index >= 15 is 0 Å². The Morgan fingerprint density at radius 1 is 0.943 bits per heavy atom. The molecule has 2 aromatic carbocycles. The first kappa shape index (κ1) is 29.0. The maximum atomic E-state index is 12.1. The molecule has 6 N–H and O–H groups in total. The van der Waals surface area contributed by atoms with Gasteiger partial charge in [0.05, 0.1) is 17.4 Å². The number of ether oxygens (including phenoxy) is 1. The summed E-state index contributed by atoms with van der Waals surface area (Å²) in [5.74, 6) is -0.397. The molecule has 11 heteroatoms. The third-order valence-corrected chi connectivity index (χ3v) is 7.25. The summed E-state index contributed by atoms with van der Waals surface area (Å²) in [7, 11) is 6.68. The van der Waals surface area contributed by atoms with Crippen molar-refractivity contribution in [1.29, 1.82) is 0 Å². The van der Waals surface area contributed by atoms with Crippen LogP contribution in [0.2, 0.25) is 0 Å². The van der Waals surface area contributed by atoms with Crippen molar-refractivity contribution in [3.05, 3.63) is 72.4 Å². The van der Waals surface area contributed by atoms with Crippen molar-refractivity contribution in [2.75, 3.05) is 40.4 Å². The van der Waals surface area contributed by atoms with E-state index in [1.165, 1.54) is 0 Å². The van der Waals surface area contributed by atoms with Gasteiger partial charge in [-0.25, -0.2) is 20.7 Å². The molecule has 35 heavy (non-hydrogen) atoms. The number of carbonyl (C=O) groups excluding carboxylic acids is 1. The van der Waals surface area contributed by atoms with Crippen LogP contribution in [0.5, 0.6) is 0 Å². The van der Waals surface area contributed by atoms with Crippen molar-refractivity contribution in [3.8, 4) is 0 Å². The Hall–Kier alpha value is -2.22. The number of nitrogens with two attached hydrogens (primary N) is 2. The number of nitrogens with one attached hydrogen (secondary N) is 2. The van der Waals surface area contributed by atoms with E-state index in [0.29, 0.717) is 18.7 Å². The van der Waals surface area contributed by atoms with Crippen molar-refractivity contribution in [1.82, 2.24) is 15.9 Å². The number of hydrogen-bond acceptors (Lipinski definition) is 11. The van der Waals surface area contributed by atoms with Gasteiger partial charge in [-0.1, -0.05) is 47.2 Å². The molecule has 3 aromatic rings. The number of hydroxylamine groups is 2. The van der Waals surface area contributed by atoms with Crippen LogP contribution in [-0.2, 0) is 14.4 Å². The molecule has 190 valence electrons. The van der Waals surface area contributed by atoms with Crippen LogP contribution in [0.3, 0.4) is 0 Å². The number of rotatable bonds is 13. The van der Waals surface area contributed by atoms with Crippen molar-refractivity contribution in [2.45, 2.75) is 16.4 Å². The van der Waals surface area contributed by atoms with Gasteiger partial charge in [0.1, 0.15) is 17.7 Å². The summed E-state index contributed by atoms with van der Waals surface area (Å²) < 4.78 is 5.31. The fourth-order valence-corrected chi connectivity index (χ4v) is 4.76. The predicted molar refractivity (Wildman–Crippen MR) is 143 cm³/mol. The van der Waals surface area contributed by atoms with Gasteiger partial charge in [-0.05, 0) is 45.8 Å². The van der Waals surface area contributed by atoms with Crippen LogP contribution in [0, 0.1) is 0 Å². The number of pyridine rings is 1. The number of esters is 1. The monoisotopic (exact) mass is 519 g/mol. The van der Waals surface area contributed by atoms with Crippen molar-refractivity contribution < 1.29 is 19.2 Å². The zero-order valence-corrected chi connectivity index (χ0v) is 21.5. The average Bonchev–Trinajstić information content (AvgIpc) is 2.91. The largest absolute Gasteiger partial charge is 0.455 e. The number of carbonyl (C=O) groups is 1. The smallest absolute Gasteiger partial charge is 0.338 e. The highest BCUT2D eigenvalue weighted by Gasteiger charge is 2.15. The van der Waals surface area contributed by atoms with Crippen molar-refractivity contribution >= 4 is 38.3 Å². The summed E-state index contributed by atoms with van der Waals surface area (Å²) >= 11 is 0. The van der Waals surface area contributed by atoms with E-state index in [1.54, 1.807) is 47.9 Å². The summed E-state index contributed by atoms with van der Waals surface area (Å²) in [6, 6.07) is 19.1. The minimum atomic E-state index is -0.471. The van der Waals surface area contributed by atoms with Crippen LogP contribution in [-0.4, -0.2) is 62.7 Å². The van der Waals surface area contributed by atoms with Gasteiger partial charge in [0, 0.05) is 33.4 Å². The molecule has 0 radical (unpaired) electrons. The van der Waals surface area contributed by atoms with Gasteiger partial charge in [0.15, 0.2) is 0 Å². The number of benzene rings is 2. The first-order chi connectivity index (χ1) is 17.1. The number of hydrogen-bond donors (Lipinski definition) is 4. The fraction of sp³-hybridized carbons (Fsp3) is 0.333. The van der Waals surface area contributed by atoms with E-state index in [9.17, 15) is 4.79 Å². The van der Waals surface area contributed by atoms with E-state index in [2.05, 4.69) is 15.9 Å². The summed E-state index contributed by atoms with van der Waals surface area (Å²) in [5, 5.41) is 3.34. The maximum Gasteiger partial charge on any atom is 0.338 e. The quantitative estimate of drug-likeness (QED) is 0.151. The minimum absolute atomic E-state index is 0.209. The van der Waals surface area contributed by atoms with Crippen LogP contribution in [0.15, 0.2) is 71.9 Å². The Morgan fingerprint density at radius 3 is 2.31 bits per heavy atom. The van der Waals surface area contributed by atoms with Gasteiger partial charge in [0.2, 0.25) is 0 Å². The second kappa shape index (κ2) is 17.2. The second-order valence-electron chi connectivity index (χ2n) is 7.06. The van der Waals surface area contributed by atoms with Crippen LogP contribution < -0.4 is 22.4 Å². The lowest BCUT2D eigenvalue weighted by atomic mass is 10.1. The normalized spacial score (nSPS) is 12.5. The van der Waals surface area contributed by atoms with Gasteiger partial charge in [-0.2, -0.15) is 0 Å². The fourth-order valence-electron chi connectivity index (χ4n) is 2.69. The van der Waals surface area contributed by atoms with Crippen LogP contribution >= 0.6 is 21.6 Å². The molecule has 1 aromatic heterocycles. The molecule has 0 saturated carbocycles. The standard InChI is InChI=1S/C15H18N2O3.C9H15N3OS2/c1-17-19-10-14(9-16)20-15(18)13-7-6-11-4-2-3-5-12(11)8-13;1-11-13-7-8(6-10)14-15-9-4-2-3-5-12-9/h2-8,14,17H,9-10,16H2,1H3;2-5,8,11H,6-7,10H2,1H3. The first-order valence-corrected chi connectivity index (χ1v) is 13.2. The Labute approximate surface area is 214 Å². The average molecular weight is 520 g/mol. The lowest BCUT2D eigenvalue weighted by Gasteiger charge is -2.15. The molecule has 3 rings (SSSR count). The van der Waals surface area contributed by atoms with Crippen LogP contribution in [0.4, 0.5) is 0 Å². The minimum Gasteiger partial charge on any atom is -0.455 e. The highest BCUT2D eigenvalue weighted by Crippen LogP contribution is 2.32. The van der Waals surface area contributed by atoms with Gasteiger partial charge in [-0.3, -0.25) is 4.84 Å². The Bertz CT molecular complexity index is 1000. The first-order valence-electron chi connectivity index (χ1n) is 11.0.